The quantitative estimate of drug-likeness (QED) is 0.720. The van der Waals surface area contributed by atoms with Crippen LogP contribution in [0.15, 0.2) is 0 Å². The predicted octanol–water partition coefficient (Wildman–Crippen LogP) is 1.14. The van der Waals surface area contributed by atoms with Crippen molar-refractivity contribution in [2.24, 2.45) is 5.73 Å². The highest BCUT2D eigenvalue weighted by molar-refractivity contribution is 5.75. The van der Waals surface area contributed by atoms with Crippen LogP contribution in [0.4, 0.5) is 0 Å². The number of likely N-dealkylation sites (tertiary alicyclic amines) is 1. The van der Waals surface area contributed by atoms with E-state index in [-0.39, 0.29) is 18.1 Å². The first kappa shape index (κ1) is 13.5. The lowest BCUT2D eigenvalue weighted by Crippen LogP contribution is -2.50. The Hall–Kier alpha value is -0.610. The fourth-order valence-corrected chi connectivity index (χ4v) is 1.93. The zero-order chi connectivity index (χ0) is 12.3. The van der Waals surface area contributed by atoms with Crippen LogP contribution in [-0.4, -0.2) is 41.6 Å². The number of rotatable bonds is 2. The third-order valence-electron chi connectivity index (χ3n) is 2.78. The molecule has 1 aliphatic rings. The molecule has 1 heterocycles. The maximum atomic E-state index is 11.9. The predicted molar refractivity (Wildman–Crippen MR) is 64.1 cm³/mol. The van der Waals surface area contributed by atoms with Crippen LogP contribution in [0.3, 0.4) is 0 Å². The van der Waals surface area contributed by atoms with Gasteiger partial charge in [-0.2, -0.15) is 0 Å². The van der Waals surface area contributed by atoms with Gasteiger partial charge in [-0.1, -0.05) is 0 Å². The Balaban J connectivity index is 2.49. The van der Waals surface area contributed by atoms with Crippen molar-refractivity contribution in [1.82, 2.24) is 4.90 Å². The van der Waals surface area contributed by atoms with E-state index in [1.54, 1.807) is 0 Å². The molecule has 1 aliphatic heterocycles. The summed E-state index contributed by atoms with van der Waals surface area (Å²) in [5, 5.41) is 0. The molecule has 94 valence electrons. The molecule has 0 aromatic carbocycles. The summed E-state index contributed by atoms with van der Waals surface area (Å²) in [4.78, 5) is 14.0. The largest absolute Gasteiger partial charge is 0.459 e. The summed E-state index contributed by atoms with van der Waals surface area (Å²) in [6, 6.07) is 0.00390. The monoisotopic (exact) mass is 228 g/mol. The van der Waals surface area contributed by atoms with E-state index in [9.17, 15) is 4.79 Å². The van der Waals surface area contributed by atoms with Crippen LogP contribution in [0, 0.1) is 0 Å². The van der Waals surface area contributed by atoms with Gasteiger partial charge in [0.25, 0.3) is 0 Å². The molecule has 0 aromatic rings. The molecule has 0 aliphatic carbocycles. The Bertz CT molecular complexity index is 248. The number of piperidine rings is 1. The van der Waals surface area contributed by atoms with Gasteiger partial charge in [-0.3, -0.25) is 9.69 Å². The van der Waals surface area contributed by atoms with E-state index in [0.29, 0.717) is 0 Å². The summed E-state index contributed by atoms with van der Waals surface area (Å²) in [7, 11) is 0. The maximum Gasteiger partial charge on any atom is 0.323 e. The Kier molecular flexibility index (Phi) is 4.33. The molecule has 2 unspecified atom stereocenters. The topological polar surface area (TPSA) is 55.6 Å². The van der Waals surface area contributed by atoms with Crippen molar-refractivity contribution in [2.75, 3.05) is 13.1 Å². The van der Waals surface area contributed by atoms with Crippen LogP contribution in [0.1, 0.15) is 40.5 Å². The second kappa shape index (κ2) is 5.15. The van der Waals surface area contributed by atoms with E-state index in [1.165, 1.54) is 0 Å². The molecule has 0 radical (unpaired) electrons. The molecule has 0 aromatic heterocycles. The highest BCUT2D eigenvalue weighted by Gasteiger charge is 2.29. The van der Waals surface area contributed by atoms with Crippen molar-refractivity contribution >= 4 is 5.97 Å². The highest BCUT2D eigenvalue weighted by Crippen LogP contribution is 2.15. The number of ether oxygens (including phenoxy) is 1. The summed E-state index contributed by atoms with van der Waals surface area (Å²) >= 11 is 0. The number of hydrogen-bond donors (Lipinski definition) is 1. The summed E-state index contributed by atoms with van der Waals surface area (Å²) in [6.07, 6.45) is 2.12. The van der Waals surface area contributed by atoms with Crippen LogP contribution >= 0.6 is 0 Å². The van der Waals surface area contributed by atoms with Gasteiger partial charge in [0, 0.05) is 12.6 Å². The molecule has 1 saturated heterocycles. The molecule has 0 saturated carbocycles. The minimum atomic E-state index is -0.413. The molecule has 1 fully saturated rings. The third kappa shape index (κ3) is 4.10. The lowest BCUT2D eigenvalue weighted by molar-refractivity contribution is -0.161. The van der Waals surface area contributed by atoms with E-state index >= 15 is 0 Å². The number of nitrogens with two attached hydrogens (primary N) is 1. The number of hydrogen-bond acceptors (Lipinski definition) is 4. The Labute approximate surface area is 98.1 Å². The zero-order valence-corrected chi connectivity index (χ0v) is 10.8. The van der Waals surface area contributed by atoms with Gasteiger partial charge in [0.15, 0.2) is 0 Å². The standard InChI is InChI=1S/C12H24N2O2/c1-9(11(15)16-12(2,3)4)14-7-5-6-10(13)8-14/h9-10H,5-8,13H2,1-4H3. The van der Waals surface area contributed by atoms with Crippen LogP contribution < -0.4 is 5.73 Å². The van der Waals surface area contributed by atoms with Crippen molar-refractivity contribution in [2.45, 2.75) is 58.2 Å². The first-order valence-corrected chi connectivity index (χ1v) is 6.02. The number of carbonyl (C=O) groups excluding carboxylic acids is 1. The van der Waals surface area contributed by atoms with Crippen LogP contribution in [0.2, 0.25) is 0 Å². The lowest BCUT2D eigenvalue weighted by Gasteiger charge is -2.35. The molecule has 0 bridgehead atoms. The highest BCUT2D eigenvalue weighted by atomic mass is 16.6. The summed E-state index contributed by atoms with van der Waals surface area (Å²) < 4.78 is 5.37. The third-order valence-corrected chi connectivity index (χ3v) is 2.78. The molecular formula is C12H24N2O2. The summed E-state index contributed by atoms with van der Waals surface area (Å²) in [5.41, 5.74) is 5.48. The molecule has 4 heteroatoms. The Morgan fingerprint density at radius 2 is 2.12 bits per heavy atom. The second-order valence-corrected chi connectivity index (χ2v) is 5.61. The van der Waals surface area contributed by atoms with E-state index in [0.717, 1.165) is 25.9 Å². The van der Waals surface area contributed by atoms with E-state index in [2.05, 4.69) is 4.90 Å². The van der Waals surface area contributed by atoms with Crippen LogP contribution in [0.5, 0.6) is 0 Å². The average molecular weight is 228 g/mol. The van der Waals surface area contributed by atoms with E-state index < -0.39 is 5.60 Å². The van der Waals surface area contributed by atoms with Gasteiger partial charge in [-0.05, 0) is 47.1 Å². The van der Waals surface area contributed by atoms with Gasteiger partial charge in [-0.15, -0.1) is 0 Å². The summed E-state index contributed by atoms with van der Waals surface area (Å²) in [5.74, 6) is -0.151. The molecule has 0 spiro atoms. The van der Waals surface area contributed by atoms with Crippen LogP contribution in [0.25, 0.3) is 0 Å². The molecular weight excluding hydrogens is 204 g/mol. The molecule has 2 N–H and O–H groups in total. The number of nitrogens with zero attached hydrogens (tertiary/aromatic N) is 1. The maximum absolute atomic E-state index is 11.9. The Morgan fingerprint density at radius 1 is 1.50 bits per heavy atom. The minimum Gasteiger partial charge on any atom is -0.459 e. The van der Waals surface area contributed by atoms with Crippen molar-refractivity contribution in [3.63, 3.8) is 0 Å². The number of carbonyl (C=O) groups is 1. The first-order chi connectivity index (χ1) is 7.29. The zero-order valence-electron chi connectivity index (χ0n) is 10.8. The fourth-order valence-electron chi connectivity index (χ4n) is 1.93. The smallest absolute Gasteiger partial charge is 0.323 e. The second-order valence-electron chi connectivity index (χ2n) is 5.61. The minimum absolute atomic E-state index is 0.151. The van der Waals surface area contributed by atoms with E-state index in [1.807, 2.05) is 27.7 Å². The molecule has 0 amide bonds. The van der Waals surface area contributed by atoms with E-state index in [4.69, 9.17) is 10.5 Å². The molecule has 16 heavy (non-hydrogen) atoms. The lowest BCUT2D eigenvalue weighted by atomic mass is 10.0. The fraction of sp³-hybridized carbons (Fsp3) is 0.917. The normalized spacial score (nSPS) is 25.2. The molecule has 1 rings (SSSR count). The van der Waals surface area contributed by atoms with Crippen molar-refractivity contribution < 1.29 is 9.53 Å². The van der Waals surface area contributed by atoms with Gasteiger partial charge in [0.2, 0.25) is 0 Å². The summed E-state index contributed by atoms with van der Waals surface area (Å²) in [6.45, 7) is 9.29. The van der Waals surface area contributed by atoms with Gasteiger partial charge < -0.3 is 10.5 Å². The first-order valence-electron chi connectivity index (χ1n) is 6.02. The van der Waals surface area contributed by atoms with Crippen molar-refractivity contribution in [1.29, 1.82) is 0 Å². The molecule has 4 nitrogen and oxygen atoms in total. The van der Waals surface area contributed by atoms with Gasteiger partial charge in [0.1, 0.15) is 11.6 Å². The van der Waals surface area contributed by atoms with Crippen LogP contribution in [-0.2, 0) is 9.53 Å². The SMILES string of the molecule is CC(C(=O)OC(C)(C)C)N1CCCC(N)C1. The number of esters is 1. The van der Waals surface area contributed by atoms with Gasteiger partial charge >= 0.3 is 5.97 Å². The van der Waals surface area contributed by atoms with Gasteiger partial charge in [-0.25, -0.2) is 0 Å². The van der Waals surface area contributed by atoms with Crippen molar-refractivity contribution in [3.8, 4) is 0 Å². The Morgan fingerprint density at radius 3 is 2.62 bits per heavy atom. The molecule has 2 atom stereocenters. The van der Waals surface area contributed by atoms with Gasteiger partial charge in [0.05, 0.1) is 0 Å². The van der Waals surface area contributed by atoms with Crippen molar-refractivity contribution in [3.05, 3.63) is 0 Å². The average Bonchev–Trinajstić information content (AvgIpc) is 2.14.